The van der Waals surface area contributed by atoms with E-state index in [0.717, 1.165) is 0 Å². The standard InChI is InChI=1S/C44H54N12O8.CH4/c1-6-55-33(17-26(3)50-55)42(60)48-37-23-28-19-29(40(45)58)22-36(64-15-10-11-52-14-16-63-25-31(52)24-57)38(28)53(37)12-8-9-13-54-39-32(20-30(41(46)59)21-35(39)62-5)47-44(54)49-43(61)34-18-27(4)51-56(34)7-2;/h8-9,17-22,31,57H,6-7,10-16,23-25H2,1-5H3,(H2,45,58)(H2,46,59)(H,47,49,61);1H4/b9-8+,48-37?;. The van der Waals surface area contributed by atoms with Gasteiger partial charge in [-0.2, -0.15) is 15.2 Å². The number of primary amides is 2. The lowest BCUT2D eigenvalue weighted by atomic mass is 10.1. The van der Waals surface area contributed by atoms with Crippen LogP contribution in [0.3, 0.4) is 0 Å². The Kier molecular flexibility index (Phi) is 15.2. The average Bonchev–Trinajstić information content (AvgIpc) is 4.05. The largest absolute Gasteiger partial charge is 0.494 e. The number of imidazole rings is 1. The highest BCUT2D eigenvalue weighted by Crippen LogP contribution is 2.40. The minimum absolute atomic E-state index is 0. The molecule has 65 heavy (non-hydrogen) atoms. The van der Waals surface area contributed by atoms with Gasteiger partial charge in [-0.15, -0.1) is 0 Å². The molecule has 4 amide bonds. The molecule has 346 valence electrons. The van der Waals surface area contributed by atoms with E-state index in [0.29, 0.717) is 108 Å². The monoisotopic (exact) mass is 894 g/mol. The SMILES string of the molecule is C.CCn1nc(C)cc1C(=O)N=C1Cc2cc(C(N)=O)cc(OCCCN3CCOCC3CO)c2N1C/C=C/Cn1c(NC(=O)c2cc(C)nn2CC)nc2cc(C(N)=O)cc(OC)c21. The number of carbonyl (C=O) groups is 4. The summed E-state index contributed by atoms with van der Waals surface area (Å²) in [7, 11) is 1.47. The van der Waals surface area contributed by atoms with Crippen LogP contribution in [0.5, 0.6) is 11.5 Å². The van der Waals surface area contributed by atoms with Crippen molar-refractivity contribution in [3.8, 4) is 11.5 Å². The molecule has 0 bridgehead atoms. The van der Waals surface area contributed by atoms with Gasteiger partial charge >= 0.3 is 0 Å². The Bertz CT molecular complexity index is 2640. The number of nitrogens with zero attached hydrogens (tertiary/aromatic N) is 9. The zero-order chi connectivity index (χ0) is 45.7. The van der Waals surface area contributed by atoms with Crippen molar-refractivity contribution >= 4 is 52.1 Å². The van der Waals surface area contributed by atoms with Crippen LogP contribution in [0.1, 0.15) is 86.3 Å². The normalized spacial score (nSPS) is 15.7. The van der Waals surface area contributed by atoms with Crippen LogP contribution >= 0.6 is 0 Å². The maximum Gasteiger partial charge on any atom is 0.296 e. The summed E-state index contributed by atoms with van der Waals surface area (Å²) < 4.78 is 22.6. The predicted octanol–water partition coefficient (Wildman–Crippen LogP) is 3.50. The first-order chi connectivity index (χ1) is 30.8. The van der Waals surface area contributed by atoms with E-state index in [1.165, 1.54) is 19.2 Å². The zero-order valence-corrected chi connectivity index (χ0v) is 36.7. The summed E-state index contributed by atoms with van der Waals surface area (Å²) in [5, 5.41) is 21.6. The number of rotatable bonds is 18. The molecule has 1 saturated heterocycles. The lowest BCUT2D eigenvalue weighted by Crippen LogP contribution is -2.47. The van der Waals surface area contributed by atoms with E-state index >= 15 is 0 Å². The van der Waals surface area contributed by atoms with Crippen LogP contribution in [0.25, 0.3) is 11.0 Å². The topological polar surface area (TPSA) is 253 Å². The average molecular weight is 895 g/mol. The number of morpholine rings is 1. The van der Waals surface area contributed by atoms with E-state index < -0.39 is 23.6 Å². The molecule has 2 aromatic carbocycles. The van der Waals surface area contributed by atoms with Gasteiger partial charge in [0.2, 0.25) is 17.8 Å². The van der Waals surface area contributed by atoms with Gasteiger partial charge in [0.1, 0.15) is 34.2 Å². The molecule has 0 spiro atoms. The van der Waals surface area contributed by atoms with Crippen molar-refractivity contribution in [2.24, 2.45) is 16.5 Å². The third kappa shape index (κ3) is 10.2. The highest BCUT2D eigenvalue weighted by atomic mass is 16.5. The first kappa shape index (κ1) is 47.6. The highest BCUT2D eigenvalue weighted by molar-refractivity contribution is 6.14. The van der Waals surface area contributed by atoms with Gasteiger partial charge in [0.15, 0.2) is 0 Å². The summed E-state index contributed by atoms with van der Waals surface area (Å²) in [5.41, 5.74) is 16.1. The molecular formula is C45H58N12O8. The number of nitrogens with one attached hydrogen (secondary N) is 1. The van der Waals surface area contributed by atoms with E-state index in [1.54, 1.807) is 45.1 Å². The van der Waals surface area contributed by atoms with E-state index in [2.05, 4.69) is 25.4 Å². The van der Waals surface area contributed by atoms with E-state index in [1.807, 2.05) is 37.8 Å². The molecule has 0 radical (unpaired) electrons. The number of methoxy groups -OCH3 is 1. The summed E-state index contributed by atoms with van der Waals surface area (Å²) >= 11 is 0. The fraction of sp³-hybridized carbons (Fsp3) is 0.422. The van der Waals surface area contributed by atoms with Crippen LogP contribution in [-0.4, -0.2) is 128 Å². The van der Waals surface area contributed by atoms with Crippen molar-refractivity contribution in [2.75, 3.05) is 63.4 Å². The number of hydrogen-bond donors (Lipinski definition) is 4. The van der Waals surface area contributed by atoms with Crippen LogP contribution in [0.15, 0.2) is 53.5 Å². The van der Waals surface area contributed by atoms with Crippen LogP contribution in [-0.2, 0) is 30.8 Å². The second-order valence-corrected chi connectivity index (χ2v) is 15.5. The molecule has 1 unspecified atom stereocenters. The Labute approximate surface area is 376 Å². The lowest BCUT2D eigenvalue weighted by Gasteiger charge is -2.34. The maximum atomic E-state index is 13.8. The van der Waals surface area contributed by atoms with Crippen LogP contribution < -0.4 is 31.2 Å². The highest BCUT2D eigenvalue weighted by Gasteiger charge is 2.32. The number of nitrogens with two attached hydrogens (primary N) is 2. The van der Waals surface area contributed by atoms with Crippen LogP contribution in [0, 0.1) is 13.8 Å². The molecule has 0 aliphatic carbocycles. The minimum atomic E-state index is -0.669. The molecule has 1 fully saturated rings. The number of allylic oxidation sites excluding steroid dienone is 1. The smallest absolute Gasteiger partial charge is 0.296 e. The molecule has 2 aliphatic rings. The number of aliphatic imine (C=N–C) groups is 1. The molecule has 20 nitrogen and oxygen atoms in total. The second-order valence-electron chi connectivity index (χ2n) is 15.5. The fourth-order valence-electron chi connectivity index (χ4n) is 8.08. The van der Waals surface area contributed by atoms with Gasteiger partial charge in [-0.25, -0.2) is 4.98 Å². The van der Waals surface area contributed by atoms with Gasteiger partial charge < -0.3 is 40.3 Å². The summed E-state index contributed by atoms with van der Waals surface area (Å²) in [6.45, 7) is 11.4. The summed E-state index contributed by atoms with van der Waals surface area (Å²) in [6.07, 6.45) is 4.57. The Morgan fingerprint density at radius 1 is 0.938 bits per heavy atom. The van der Waals surface area contributed by atoms with E-state index in [9.17, 15) is 24.3 Å². The number of aliphatic hydroxyl groups excluding tert-OH is 1. The Morgan fingerprint density at radius 3 is 2.28 bits per heavy atom. The number of hydrogen-bond acceptors (Lipinski definition) is 12. The number of fused-ring (bicyclic) bond motifs is 2. The number of ether oxygens (including phenoxy) is 3. The second kappa shape index (κ2) is 20.7. The number of amides is 4. The molecule has 3 aromatic heterocycles. The van der Waals surface area contributed by atoms with Crippen molar-refractivity contribution in [1.29, 1.82) is 0 Å². The van der Waals surface area contributed by atoms with Gasteiger partial charge in [0.25, 0.3) is 11.8 Å². The van der Waals surface area contributed by atoms with Crippen LogP contribution in [0.4, 0.5) is 11.6 Å². The van der Waals surface area contributed by atoms with Crippen molar-refractivity contribution < 1.29 is 38.5 Å². The zero-order valence-electron chi connectivity index (χ0n) is 36.7. The van der Waals surface area contributed by atoms with E-state index in [4.69, 9.17) is 30.7 Å². The molecule has 6 N–H and O–H groups in total. The number of benzene rings is 2. The minimum Gasteiger partial charge on any atom is -0.494 e. The number of aryl methyl sites for hydroxylation is 4. The molecular weight excluding hydrogens is 837 g/mol. The summed E-state index contributed by atoms with van der Waals surface area (Å²) in [6, 6.07) is 9.65. The number of aromatic nitrogens is 6. The van der Waals surface area contributed by atoms with Crippen molar-refractivity contribution in [3.63, 3.8) is 0 Å². The Hall–Kier alpha value is -6.90. The number of aliphatic hydroxyl groups is 1. The predicted molar refractivity (Wildman–Crippen MR) is 245 cm³/mol. The molecule has 0 saturated carbocycles. The molecule has 1 atom stereocenters. The van der Waals surface area contributed by atoms with Crippen LogP contribution in [0.2, 0.25) is 0 Å². The third-order valence-electron chi connectivity index (χ3n) is 11.1. The molecule has 5 aromatic rings. The maximum absolute atomic E-state index is 13.8. The first-order valence-electron chi connectivity index (χ1n) is 21.2. The fourth-order valence-corrected chi connectivity index (χ4v) is 8.08. The number of amidine groups is 1. The first-order valence-corrected chi connectivity index (χ1v) is 21.2. The molecule has 5 heterocycles. The Balaban J connectivity index is 0.00000700. The van der Waals surface area contributed by atoms with Gasteiger partial charge in [-0.1, -0.05) is 19.6 Å². The Morgan fingerprint density at radius 2 is 1.60 bits per heavy atom. The van der Waals surface area contributed by atoms with Gasteiger partial charge in [-0.05, 0) is 76.1 Å². The third-order valence-corrected chi connectivity index (χ3v) is 11.1. The summed E-state index contributed by atoms with van der Waals surface area (Å²) in [5.74, 6) is -0.897. The summed E-state index contributed by atoms with van der Waals surface area (Å²) in [4.78, 5) is 65.8. The lowest BCUT2D eigenvalue weighted by molar-refractivity contribution is -0.0287. The quantitative estimate of drug-likeness (QED) is 0.0727. The molecule has 7 rings (SSSR count). The number of carbonyl (C=O) groups excluding carboxylic acids is 4. The van der Waals surface area contributed by atoms with Gasteiger partial charge in [0.05, 0.1) is 62.2 Å². The molecule has 2 aliphatic heterocycles. The van der Waals surface area contributed by atoms with Crippen molar-refractivity contribution in [3.05, 3.63) is 88.0 Å². The number of anilines is 2. The van der Waals surface area contributed by atoms with Gasteiger partial charge in [0, 0.05) is 56.8 Å². The van der Waals surface area contributed by atoms with E-state index in [-0.39, 0.29) is 63.3 Å². The van der Waals surface area contributed by atoms with Gasteiger partial charge in [-0.3, -0.25) is 38.8 Å². The van der Waals surface area contributed by atoms with Crippen molar-refractivity contribution in [2.45, 2.75) is 73.6 Å². The molecule has 20 heteroatoms. The van der Waals surface area contributed by atoms with Crippen molar-refractivity contribution in [1.82, 2.24) is 34.0 Å².